The van der Waals surface area contributed by atoms with E-state index in [1.165, 1.54) is 0 Å². The average molecular weight is 247 g/mol. The summed E-state index contributed by atoms with van der Waals surface area (Å²) in [5, 5.41) is 2.90. The summed E-state index contributed by atoms with van der Waals surface area (Å²) >= 11 is 0. The quantitative estimate of drug-likeness (QED) is 0.825. The van der Waals surface area contributed by atoms with Crippen molar-refractivity contribution in [3.63, 3.8) is 0 Å². The maximum Gasteiger partial charge on any atom is 0.312 e. The van der Waals surface area contributed by atoms with E-state index in [0.29, 0.717) is 6.61 Å². The molecule has 0 aliphatic carbocycles. The monoisotopic (exact) mass is 247 g/mol. The Hall–Kier alpha value is -1.84. The first-order valence-corrected chi connectivity index (χ1v) is 6.11. The van der Waals surface area contributed by atoms with Crippen LogP contribution >= 0.6 is 0 Å². The summed E-state index contributed by atoms with van der Waals surface area (Å²) in [6.45, 7) is 3.96. The van der Waals surface area contributed by atoms with Gasteiger partial charge >= 0.3 is 5.97 Å². The molecule has 4 nitrogen and oxygen atoms in total. The summed E-state index contributed by atoms with van der Waals surface area (Å²) in [6, 6.07) is 9.53. The average Bonchev–Trinajstić information content (AvgIpc) is 2.68. The van der Waals surface area contributed by atoms with Gasteiger partial charge in [0.1, 0.15) is 0 Å². The van der Waals surface area contributed by atoms with Gasteiger partial charge in [0, 0.05) is 6.42 Å². The lowest BCUT2D eigenvalue weighted by Crippen LogP contribution is -2.43. The normalized spacial score (nSPS) is 26.8. The number of benzene rings is 1. The standard InChI is InChI=1S/C14H17NO3/c1-3-18-13(17)11-9-12(16)15-14(11,2)10-7-5-4-6-8-10/h4-8,11H,3,9H2,1-2H3,(H,15,16). The van der Waals surface area contributed by atoms with Gasteiger partial charge in [0.15, 0.2) is 0 Å². The van der Waals surface area contributed by atoms with Crippen molar-refractivity contribution in [1.29, 1.82) is 0 Å². The minimum Gasteiger partial charge on any atom is -0.466 e. The van der Waals surface area contributed by atoms with Crippen molar-refractivity contribution in [1.82, 2.24) is 5.32 Å². The van der Waals surface area contributed by atoms with Crippen LogP contribution in [0, 0.1) is 5.92 Å². The van der Waals surface area contributed by atoms with Crippen LogP contribution in [0.3, 0.4) is 0 Å². The topological polar surface area (TPSA) is 55.4 Å². The number of carbonyl (C=O) groups excluding carboxylic acids is 2. The number of ether oxygens (including phenoxy) is 1. The summed E-state index contributed by atoms with van der Waals surface area (Å²) in [6.07, 6.45) is 0.185. The number of nitrogens with one attached hydrogen (secondary N) is 1. The van der Waals surface area contributed by atoms with E-state index in [4.69, 9.17) is 4.74 Å². The molecule has 2 unspecified atom stereocenters. The number of esters is 1. The van der Waals surface area contributed by atoms with Gasteiger partial charge in [-0.05, 0) is 19.4 Å². The molecular weight excluding hydrogens is 230 g/mol. The summed E-state index contributed by atoms with van der Waals surface area (Å²) < 4.78 is 5.06. The van der Waals surface area contributed by atoms with Crippen molar-refractivity contribution >= 4 is 11.9 Å². The van der Waals surface area contributed by atoms with E-state index in [1.54, 1.807) is 6.92 Å². The lowest BCUT2D eigenvalue weighted by Gasteiger charge is -2.30. The number of carbonyl (C=O) groups is 2. The van der Waals surface area contributed by atoms with Crippen molar-refractivity contribution in [2.24, 2.45) is 5.92 Å². The van der Waals surface area contributed by atoms with Crippen LogP contribution in [0.15, 0.2) is 30.3 Å². The molecule has 0 radical (unpaired) electrons. The first kappa shape index (κ1) is 12.6. The minimum absolute atomic E-state index is 0.112. The zero-order valence-electron chi connectivity index (χ0n) is 10.6. The highest BCUT2D eigenvalue weighted by Gasteiger charge is 2.48. The molecule has 1 aromatic carbocycles. The lowest BCUT2D eigenvalue weighted by molar-refractivity contribution is -0.150. The van der Waals surface area contributed by atoms with Crippen molar-refractivity contribution in [3.05, 3.63) is 35.9 Å². The second-order valence-electron chi connectivity index (χ2n) is 4.63. The fourth-order valence-electron chi connectivity index (χ4n) is 2.44. The van der Waals surface area contributed by atoms with Crippen LogP contribution in [0.1, 0.15) is 25.8 Å². The van der Waals surface area contributed by atoms with Gasteiger partial charge < -0.3 is 10.1 Å². The molecule has 0 bridgehead atoms. The highest BCUT2D eigenvalue weighted by atomic mass is 16.5. The van der Waals surface area contributed by atoms with Crippen LogP contribution in [-0.2, 0) is 19.9 Å². The fourth-order valence-corrected chi connectivity index (χ4v) is 2.44. The van der Waals surface area contributed by atoms with Crippen LogP contribution in [0.25, 0.3) is 0 Å². The van der Waals surface area contributed by atoms with E-state index in [2.05, 4.69) is 5.32 Å². The summed E-state index contributed by atoms with van der Waals surface area (Å²) in [7, 11) is 0. The van der Waals surface area contributed by atoms with Crippen molar-refractivity contribution in [2.75, 3.05) is 6.61 Å². The highest BCUT2D eigenvalue weighted by molar-refractivity contribution is 5.89. The molecule has 0 aromatic heterocycles. The molecule has 1 aliphatic rings. The smallest absolute Gasteiger partial charge is 0.312 e. The first-order chi connectivity index (χ1) is 8.58. The molecular formula is C14H17NO3. The van der Waals surface area contributed by atoms with Crippen LogP contribution in [0.4, 0.5) is 0 Å². The maximum atomic E-state index is 12.0. The van der Waals surface area contributed by atoms with Crippen molar-refractivity contribution < 1.29 is 14.3 Å². The fraction of sp³-hybridized carbons (Fsp3) is 0.429. The Kier molecular flexibility index (Phi) is 3.36. The Labute approximate surface area is 106 Å². The Morgan fingerprint density at radius 3 is 2.72 bits per heavy atom. The Balaban J connectivity index is 2.34. The minimum atomic E-state index is -0.676. The number of amides is 1. The molecule has 18 heavy (non-hydrogen) atoms. The number of hydrogen-bond donors (Lipinski definition) is 1. The van der Waals surface area contributed by atoms with Crippen LogP contribution in [0.2, 0.25) is 0 Å². The maximum absolute atomic E-state index is 12.0. The van der Waals surface area contributed by atoms with Crippen molar-refractivity contribution in [3.8, 4) is 0 Å². The summed E-state index contributed by atoms with van der Waals surface area (Å²) in [5.41, 5.74) is 0.249. The predicted octanol–water partition coefficient (Wildman–Crippen LogP) is 1.60. The molecule has 1 saturated heterocycles. The third kappa shape index (κ3) is 2.10. The van der Waals surface area contributed by atoms with E-state index >= 15 is 0 Å². The molecule has 1 amide bonds. The van der Waals surface area contributed by atoms with E-state index in [9.17, 15) is 9.59 Å². The van der Waals surface area contributed by atoms with Gasteiger partial charge in [0.05, 0.1) is 18.1 Å². The third-order valence-corrected chi connectivity index (χ3v) is 3.43. The molecule has 1 N–H and O–H groups in total. The highest BCUT2D eigenvalue weighted by Crippen LogP contribution is 2.37. The number of hydrogen-bond acceptors (Lipinski definition) is 3. The zero-order valence-corrected chi connectivity index (χ0v) is 10.6. The third-order valence-electron chi connectivity index (χ3n) is 3.43. The van der Waals surface area contributed by atoms with Gasteiger partial charge in [-0.25, -0.2) is 0 Å². The largest absolute Gasteiger partial charge is 0.466 e. The SMILES string of the molecule is CCOC(=O)C1CC(=O)NC1(C)c1ccccc1. The second-order valence-corrected chi connectivity index (χ2v) is 4.63. The van der Waals surface area contributed by atoms with Crippen molar-refractivity contribution in [2.45, 2.75) is 25.8 Å². The van der Waals surface area contributed by atoms with Crippen LogP contribution < -0.4 is 5.32 Å². The van der Waals surface area contributed by atoms with E-state index in [1.807, 2.05) is 37.3 Å². The lowest BCUT2D eigenvalue weighted by atomic mass is 9.81. The summed E-state index contributed by atoms with van der Waals surface area (Å²) in [5.74, 6) is -0.894. The Morgan fingerprint density at radius 2 is 2.11 bits per heavy atom. The van der Waals surface area contributed by atoms with Gasteiger partial charge in [0.25, 0.3) is 0 Å². The van der Waals surface area contributed by atoms with Crippen LogP contribution in [-0.4, -0.2) is 18.5 Å². The molecule has 96 valence electrons. The molecule has 0 spiro atoms. The molecule has 4 heteroatoms. The zero-order chi connectivity index (χ0) is 13.2. The van der Waals surface area contributed by atoms with Crippen LogP contribution in [0.5, 0.6) is 0 Å². The van der Waals surface area contributed by atoms with E-state index in [-0.39, 0.29) is 18.3 Å². The molecule has 1 fully saturated rings. The molecule has 2 rings (SSSR count). The first-order valence-electron chi connectivity index (χ1n) is 6.11. The Morgan fingerprint density at radius 1 is 1.44 bits per heavy atom. The molecule has 1 heterocycles. The molecule has 1 aromatic rings. The number of rotatable bonds is 3. The van der Waals surface area contributed by atoms with Gasteiger partial charge in [-0.2, -0.15) is 0 Å². The molecule has 1 aliphatic heterocycles. The van der Waals surface area contributed by atoms with Gasteiger partial charge in [0.2, 0.25) is 5.91 Å². The summed E-state index contributed by atoms with van der Waals surface area (Å²) in [4.78, 5) is 23.6. The molecule has 2 atom stereocenters. The van der Waals surface area contributed by atoms with E-state index in [0.717, 1.165) is 5.56 Å². The van der Waals surface area contributed by atoms with Gasteiger partial charge in [-0.1, -0.05) is 30.3 Å². The van der Waals surface area contributed by atoms with E-state index < -0.39 is 11.5 Å². The van der Waals surface area contributed by atoms with Gasteiger partial charge in [-0.3, -0.25) is 9.59 Å². The molecule has 0 saturated carbocycles. The second kappa shape index (κ2) is 4.80. The Bertz CT molecular complexity index is 457. The predicted molar refractivity (Wildman–Crippen MR) is 66.7 cm³/mol. The van der Waals surface area contributed by atoms with Gasteiger partial charge in [-0.15, -0.1) is 0 Å².